The summed E-state index contributed by atoms with van der Waals surface area (Å²) in [6.45, 7) is 2.00. The number of halogens is 3. The van der Waals surface area contributed by atoms with Crippen LogP contribution in [-0.2, 0) is 17.5 Å². The SMILES string of the molecule is Cc1cc(C(F)(F)F)cc(=O)n1Cc1noc([C@H]2CCCO2)n1. The van der Waals surface area contributed by atoms with Gasteiger partial charge < -0.3 is 13.8 Å². The second kappa shape index (κ2) is 5.80. The number of aromatic nitrogens is 3. The minimum absolute atomic E-state index is 0.0565. The van der Waals surface area contributed by atoms with Crippen molar-refractivity contribution in [3.8, 4) is 0 Å². The largest absolute Gasteiger partial charge is 0.416 e. The minimum Gasteiger partial charge on any atom is -0.368 e. The predicted octanol–water partition coefficient (Wildman–Crippen LogP) is 2.46. The second-order valence-electron chi connectivity index (χ2n) is 5.36. The van der Waals surface area contributed by atoms with Gasteiger partial charge in [0.1, 0.15) is 6.10 Å². The molecule has 1 aliphatic heterocycles. The van der Waals surface area contributed by atoms with Gasteiger partial charge in [-0.25, -0.2) is 0 Å². The lowest BCUT2D eigenvalue weighted by Crippen LogP contribution is -2.25. The molecule has 3 heterocycles. The van der Waals surface area contributed by atoms with Crippen molar-refractivity contribution < 1.29 is 22.4 Å². The van der Waals surface area contributed by atoms with Crippen LogP contribution in [0.3, 0.4) is 0 Å². The molecule has 0 saturated carbocycles. The summed E-state index contributed by atoms with van der Waals surface area (Å²) in [5.41, 5.74) is -1.56. The molecule has 3 rings (SSSR count). The van der Waals surface area contributed by atoms with Crippen LogP contribution in [0.2, 0.25) is 0 Å². The van der Waals surface area contributed by atoms with E-state index in [2.05, 4.69) is 10.1 Å². The Morgan fingerprint density at radius 3 is 2.78 bits per heavy atom. The summed E-state index contributed by atoms with van der Waals surface area (Å²) in [5.74, 6) is 0.551. The highest BCUT2D eigenvalue weighted by molar-refractivity contribution is 5.20. The third-order valence-corrected chi connectivity index (χ3v) is 3.65. The summed E-state index contributed by atoms with van der Waals surface area (Å²) < 4.78 is 49.7. The maximum atomic E-state index is 12.7. The van der Waals surface area contributed by atoms with E-state index in [9.17, 15) is 18.0 Å². The molecule has 2 aromatic heterocycles. The molecule has 1 aliphatic rings. The van der Waals surface area contributed by atoms with Crippen molar-refractivity contribution in [2.45, 2.75) is 38.6 Å². The van der Waals surface area contributed by atoms with Crippen LogP contribution in [0, 0.1) is 6.92 Å². The third-order valence-electron chi connectivity index (χ3n) is 3.65. The minimum atomic E-state index is -4.55. The molecule has 0 spiro atoms. The van der Waals surface area contributed by atoms with Gasteiger partial charge in [-0.1, -0.05) is 5.16 Å². The number of hydrogen-bond acceptors (Lipinski definition) is 5. The molecule has 0 unspecified atom stereocenters. The summed E-state index contributed by atoms with van der Waals surface area (Å²) in [6.07, 6.45) is -3.12. The van der Waals surface area contributed by atoms with Crippen LogP contribution in [0.25, 0.3) is 0 Å². The van der Waals surface area contributed by atoms with Crippen LogP contribution < -0.4 is 5.56 Å². The van der Waals surface area contributed by atoms with Gasteiger partial charge in [0, 0.05) is 18.4 Å². The van der Waals surface area contributed by atoms with Gasteiger partial charge in [0.2, 0.25) is 0 Å². The van der Waals surface area contributed by atoms with Crippen LogP contribution in [0.1, 0.15) is 41.9 Å². The first-order valence-electron chi connectivity index (χ1n) is 7.07. The van der Waals surface area contributed by atoms with E-state index in [4.69, 9.17) is 9.26 Å². The highest BCUT2D eigenvalue weighted by Crippen LogP contribution is 2.29. The standard InChI is InChI=1S/C14H14F3N3O3/c1-8-5-9(14(15,16)17)6-12(21)20(8)7-11-18-13(23-19-11)10-3-2-4-22-10/h5-6,10H,2-4,7H2,1H3/t10-/m1/s1. The summed E-state index contributed by atoms with van der Waals surface area (Å²) in [6, 6.07) is 1.48. The maximum absolute atomic E-state index is 12.7. The quantitative estimate of drug-likeness (QED) is 0.865. The molecule has 1 atom stereocenters. The Bertz CT molecular complexity index is 761. The Balaban J connectivity index is 1.84. The molecule has 0 radical (unpaired) electrons. The number of alkyl halides is 3. The zero-order chi connectivity index (χ0) is 16.6. The van der Waals surface area contributed by atoms with Crippen molar-refractivity contribution in [2.75, 3.05) is 6.61 Å². The molecule has 0 amide bonds. The monoisotopic (exact) mass is 329 g/mol. The fraction of sp³-hybridized carbons (Fsp3) is 0.500. The predicted molar refractivity (Wildman–Crippen MR) is 71.8 cm³/mol. The lowest BCUT2D eigenvalue weighted by atomic mass is 10.2. The fourth-order valence-corrected chi connectivity index (χ4v) is 2.47. The zero-order valence-corrected chi connectivity index (χ0v) is 12.3. The summed E-state index contributed by atoms with van der Waals surface area (Å²) in [5, 5.41) is 3.76. The average Bonchev–Trinajstić information content (AvgIpc) is 3.12. The lowest BCUT2D eigenvalue weighted by molar-refractivity contribution is -0.137. The first kappa shape index (κ1) is 15.7. The molecule has 0 aromatic carbocycles. The van der Waals surface area contributed by atoms with Crippen molar-refractivity contribution in [3.05, 3.63) is 45.5 Å². The van der Waals surface area contributed by atoms with Gasteiger partial charge in [-0.2, -0.15) is 18.2 Å². The molecule has 1 fully saturated rings. The normalized spacial score (nSPS) is 18.5. The topological polar surface area (TPSA) is 70.2 Å². The average molecular weight is 329 g/mol. The number of ether oxygens (including phenoxy) is 1. The van der Waals surface area contributed by atoms with Crippen LogP contribution in [0.4, 0.5) is 13.2 Å². The highest BCUT2D eigenvalue weighted by Gasteiger charge is 2.31. The Hall–Kier alpha value is -2.16. The van der Waals surface area contributed by atoms with Crippen molar-refractivity contribution in [2.24, 2.45) is 0 Å². The van der Waals surface area contributed by atoms with Crippen LogP contribution in [0.15, 0.2) is 21.5 Å². The molecule has 0 N–H and O–H groups in total. The van der Waals surface area contributed by atoms with Gasteiger partial charge in [-0.3, -0.25) is 4.79 Å². The van der Waals surface area contributed by atoms with Crippen LogP contribution in [0.5, 0.6) is 0 Å². The van der Waals surface area contributed by atoms with Crippen LogP contribution in [-0.4, -0.2) is 21.3 Å². The van der Waals surface area contributed by atoms with E-state index in [0.717, 1.165) is 18.9 Å². The molecular formula is C14H14F3N3O3. The number of hydrogen-bond donors (Lipinski definition) is 0. The molecule has 0 aliphatic carbocycles. The molecule has 9 heteroatoms. The molecule has 0 bridgehead atoms. The summed E-state index contributed by atoms with van der Waals surface area (Å²) in [7, 11) is 0. The smallest absolute Gasteiger partial charge is 0.368 e. The molecule has 6 nitrogen and oxygen atoms in total. The molecule has 2 aromatic rings. The summed E-state index contributed by atoms with van der Waals surface area (Å²) in [4.78, 5) is 16.1. The second-order valence-corrected chi connectivity index (χ2v) is 5.36. The van der Waals surface area contributed by atoms with E-state index < -0.39 is 17.3 Å². The van der Waals surface area contributed by atoms with Gasteiger partial charge >= 0.3 is 6.18 Å². The first-order valence-corrected chi connectivity index (χ1v) is 7.07. The van der Waals surface area contributed by atoms with E-state index in [-0.39, 0.29) is 24.2 Å². The Kier molecular flexibility index (Phi) is 3.97. The van der Waals surface area contributed by atoms with E-state index >= 15 is 0 Å². The Morgan fingerprint density at radius 2 is 2.17 bits per heavy atom. The van der Waals surface area contributed by atoms with Crippen molar-refractivity contribution >= 4 is 0 Å². The van der Waals surface area contributed by atoms with Gasteiger partial charge in [0.05, 0.1) is 12.1 Å². The van der Waals surface area contributed by atoms with Gasteiger partial charge in [0.25, 0.3) is 11.4 Å². The van der Waals surface area contributed by atoms with E-state index in [0.29, 0.717) is 18.6 Å². The van der Waals surface area contributed by atoms with Crippen molar-refractivity contribution in [1.29, 1.82) is 0 Å². The lowest BCUT2D eigenvalue weighted by Gasteiger charge is -2.11. The van der Waals surface area contributed by atoms with E-state index in [1.807, 2.05) is 0 Å². The van der Waals surface area contributed by atoms with Gasteiger partial charge in [0.15, 0.2) is 5.82 Å². The maximum Gasteiger partial charge on any atom is 0.416 e. The van der Waals surface area contributed by atoms with Crippen molar-refractivity contribution in [1.82, 2.24) is 14.7 Å². The Morgan fingerprint density at radius 1 is 1.39 bits per heavy atom. The Labute approximate surface area is 128 Å². The van der Waals surface area contributed by atoms with E-state index in [1.165, 1.54) is 11.5 Å². The summed E-state index contributed by atoms with van der Waals surface area (Å²) >= 11 is 0. The van der Waals surface area contributed by atoms with Crippen LogP contribution >= 0.6 is 0 Å². The zero-order valence-electron chi connectivity index (χ0n) is 12.3. The van der Waals surface area contributed by atoms with E-state index in [1.54, 1.807) is 0 Å². The fourth-order valence-electron chi connectivity index (χ4n) is 2.47. The number of pyridine rings is 1. The third kappa shape index (κ3) is 3.29. The van der Waals surface area contributed by atoms with Gasteiger partial charge in [-0.05, 0) is 25.8 Å². The molecule has 23 heavy (non-hydrogen) atoms. The molecular weight excluding hydrogens is 315 g/mol. The molecule has 1 saturated heterocycles. The molecule has 124 valence electrons. The number of rotatable bonds is 3. The number of aryl methyl sites for hydroxylation is 1. The van der Waals surface area contributed by atoms with Crippen molar-refractivity contribution in [3.63, 3.8) is 0 Å². The highest BCUT2D eigenvalue weighted by atomic mass is 19.4. The number of nitrogens with zero attached hydrogens (tertiary/aromatic N) is 3. The van der Waals surface area contributed by atoms with Gasteiger partial charge in [-0.15, -0.1) is 0 Å². The first-order chi connectivity index (χ1) is 10.8.